The minimum atomic E-state index is -0.111. The van der Waals surface area contributed by atoms with Gasteiger partial charge < -0.3 is 10.6 Å². The molecule has 1 fully saturated rings. The van der Waals surface area contributed by atoms with Crippen LogP contribution in [0.5, 0.6) is 0 Å². The van der Waals surface area contributed by atoms with Gasteiger partial charge in [-0.15, -0.1) is 0 Å². The summed E-state index contributed by atoms with van der Waals surface area (Å²) in [5, 5.41) is 6.66. The van der Waals surface area contributed by atoms with Gasteiger partial charge in [0.15, 0.2) is 0 Å². The third-order valence-electron chi connectivity index (χ3n) is 2.90. The Hall–Kier alpha value is -0.870. The Labute approximate surface area is 117 Å². The van der Waals surface area contributed by atoms with Crippen molar-refractivity contribution >= 4 is 40.6 Å². The number of amides is 1. The van der Waals surface area contributed by atoms with Crippen LogP contribution in [0.25, 0.3) is 0 Å². The van der Waals surface area contributed by atoms with E-state index >= 15 is 0 Å². The molecule has 1 aliphatic heterocycles. The first kappa shape index (κ1) is 13.6. The lowest BCUT2D eigenvalue weighted by Crippen LogP contribution is -2.13. The minimum Gasteiger partial charge on any atom is -0.385 e. The second-order valence-corrected chi connectivity index (χ2v) is 6.04. The van der Waals surface area contributed by atoms with E-state index in [2.05, 4.69) is 10.6 Å². The lowest BCUT2D eigenvalue weighted by Gasteiger charge is -2.13. The molecule has 1 aliphatic rings. The predicted octanol–water partition coefficient (Wildman–Crippen LogP) is 3.46. The molecular formula is C13H17ClN2OS. The highest BCUT2D eigenvalue weighted by Gasteiger charge is 2.15. The summed E-state index contributed by atoms with van der Waals surface area (Å²) in [5.41, 5.74) is 1.66. The summed E-state index contributed by atoms with van der Waals surface area (Å²) in [6, 6.07) is 5.63. The number of hydrogen-bond donors (Lipinski definition) is 2. The number of nitrogens with one attached hydrogen (secondary N) is 2. The maximum Gasteiger partial charge on any atom is 0.221 e. The highest BCUT2D eigenvalue weighted by Crippen LogP contribution is 2.27. The molecule has 1 unspecified atom stereocenters. The second kappa shape index (κ2) is 6.34. The van der Waals surface area contributed by atoms with Gasteiger partial charge in [-0.25, -0.2) is 0 Å². The number of thioether (sulfide) groups is 1. The molecule has 1 aromatic rings. The number of benzene rings is 1. The number of anilines is 2. The average Bonchev–Trinajstić information content (AvgIpc) is 2.82. The van der Waals surface area contributed by atoms with Gasteiger partial charge >= 0.3 is 0 Å². The van der Waals surface area contributed by atoms with Crippen LogP contribution in [-0.4, -0.2) is 24.0 Å². The number of carbonyl (C=O) groups is 1. The number of halogens is 1. The van der Waals surface area contributed by atoms with E-state index in [1.807, 2.05) is 30.0 Å². The number of carbonyl (C=O) groups excluding carboxylic acids is 1. The summed E-state index contributed by atoms with van der Waals surface area (Å²) in [4.78, 5) is 11.0. The third kappa shape index (κ3) is 3.82. The van der Waals surface area contributed by atoms with Gasteiger partial charge in [0.05, 0.1) is 10.7 Å². The smallest absolute Gasteiger partial charge is 0.221 e. The summed E-state index contributed by atoms with van der Waals surface area (Å²) in [7, 11) is 0. The summed E-state index contributed by atoms with van der Waals surface area (Å²) < 4.78 is 0. The van der Waals surface area contributed by atoms with Gasteiger partial charge in [0.1, 0.15) is 0 Å². The van der Waals surface area contributed by atoms with Gasteiger partial charge in [-0.3, -0.25) is 4.79 Å². The van der Waals surface area contributed by atoms with Crippen molar-refractivity contribution in [3.63, 3.8) is 0 Å². The quantitative estimate of drug-likeness (QED) is 0.890. The van der Waals surface area contributed by atoms with Gasteiger partial charge in [-0.05, 0) is 42.0 Å². The van der Waals surface area contributed by atoms with Crippen LogP contribution in [-0.2, 0) is 4.79 Å². The average molecular weight is 285 g/mol. The topological polar surface area (TPSA) is 41.1 Å². The van der Waals surface area contributed by atoms with Crippen molar-refractivity contribution < 1.29 is 4.79 Å². The Morgan fingerprint density at radius 2 is 2.39 bits per heavy atom. The fraction of sp³-hybridized carbons (Fsp3) is 0.462. The summed E-state index contributed by atoms with van der Waals surface area (Å²) in [6.45, 7) is 2.46. The van der Waals surface area contributed by atoms with Crippen LogP contribution in [0.2, 0.25) is 5.02 Å². The van der Waals surface area contributed by atoms with Crippen molar-refractivity contribution in [1.29, 1.82) is 0 Å². The van der Waals surface area contributed by atoms with Crippen molar-refractivity contribution in [2.75, 3.05) is 28.7 Å². The third-order valence-corrected chi connectivity index (χ3v) is 4.44. The first-order valence-corrected chi connectivity index (χ1v) is 7.57. The van der Waals surface area contributed by atoms with E-state index in [4.69, 9.17) is 11.6 Å². The molecule has 0 bridgehead atoms. The van der Waals surface area contributed by atoms with Crippen molar-refractivity contribution in [3.05, 3.63) is 23.2 Å². The molecule has 2 rings (SSSR count). The molecule has 1 aromatic carbocycles. The Morgan fingerprint density at radius 1 is 1.56 bits per heavy atom. The Morgan fingerprint density at radius 3 is 3.00 bits per heavy atom. The normalized spacial score (nSPS) is 18.7. The highest BCUT2D eigenvalue weighted by molar-refractivity contribution is 7.99. The molecule has 0 aromatic heterocycles. The first-order valence-electron chi connectivity index (χ1n) is 6.04. The molecule has 3 nitrogen and oxygen atoms in total. The Bertz CT molecular complexity index is 433. The maximum absolute atomic E-state index is 11.0. The first-order chi connectivity index (χ1) is 8.65. The molecule has 18 heavy (non-hydrogen) atoms. The molecule has 0 spiro atoms. The summed E-state index contributed by atoms with van der Waals surface area (Å²) in [5.74, 6) is 3.16. The SMILES string of the molecule is CC(=O)Nc1ccc(NCC2CCSC2)cc1Cl. The Balaban J connectivity index is 1.93. The molecule has 1 saturated heterocycles. The van der Waals surface area contributed by atoms with Crippen LogP contribution in [0.15, 0.2) is 18.2 Å². The fourth-order valence-corrected chi connectivity index (χ4v) is 3.43. The predicted molar refractivity (Wildman–Crippen MR) is 79.7 cm³/mol. The van der Waals surface area contributed by atoms with E-state index in [9.17, 15) is 4.79 Å². The van der Waals surface area contributed by atoms with Gasteiger partial charge in [0, 0.05) is 19.2 Å². The molecule has 5 heteroatoms. The fourth-order valence-electron chi connectivity index (χ4n) is 1.92. The lowest BCUT2D eigenvalue weighted by atomic mass is 10.1. The zero-order valence-corrected chi connectivity index (χ0v) is 11.9. The van der Waals surface area contributed by atoms with Gasteiger partial charge in [0.25, 0.3) is 0 Å². The van der Waals surface area contributed by atoms with Crippen LogP contribution >= 0.6 is 23.4 Å². The van der Waals surface area contributed by atoms with E-state index < -0.39 is 0 Å². The van der Waals surface area contributed by atoms with Crippen molar-refractivity contribution in [2.24, 2.45) is 5.92 Å². The molecule has 0 saturated carbocycles. The molecule has 1 atom stereocenters. The highest BCUT2D eigenvalue weighted by atomic mass is 35.5. The van der Waals surface area contributed by atoms with Gasteiger partial charge in [-0.2, -0.15) is 11.8 Å². The largest absolute Gasteiger partial charge is 0.385 e. The number of rotatable bonds is 4. The lowest BCUT2D eigenvalue weighted by molar-refractivity contribution is -0.114. The molecule has 98 valence electrons. The molecular weight excluding hydrogens is 268 g/mol. The van der Waals surface area contributed by atoms with Crippen LogP contribution in [0.3, 0.4) is 0 Å². The van der Waals surface area contributed by atoms with Crippen LogP contribution in [0, 0.1) is 5.92 Å². The van der Waals surface area contributed by atoms with Gasteiger partial charge in [0.2, 0.25) is 5.91 Å². The molecule has 1 amide bonds. The van der Waals surface area contributed by atoms with Crippen LogP contribution in [0.1, 0.15) is 13.3 Å². The molecule has 0 radical (unpaired) electrons. The van der Waals surface area contributed by atoms with Crippen molar-refractivity contribution in [3.8, 4) is 0 Å². The van der Waals surface area contributed by atoms with E-state index in [-0.39, 0.29) is 5.91 Å². The molecule has 0 aliphatic carbocycles. The monoisotopic (exact) mass is 284 g/mol. The zero-order chi connectivity index (χ0) is 13.0. The standard InChI is InChI=1S/C13H17ClN2OS/c1-9(17)16-13-3-2-11(6-12(13)14)15-7-10-4-5-18-8-10/h2-3,6,10,15H,4-5,7-8H2,1H3,(H,16,17). The van der Waals surface area contributed by atoms with E-state index in [0.29, 0.717) is 10.7 Å². The second-order valence-electron chi connectivity index (χ2n) is 4.49. The maximum atomic E-state index is 11.0. The summed E-state index contributed by atoms with van der Waals surface area (Å²) >= 11 is 8.13. The van der Waals surface area contributed by atoms with Crippen LogP contribution < -0.4 is 10.6 Å². The summed E-state index contributed by atoms with van der Waals surface area (Å²) in [6.07, 6.45) is 1.29. The molecule has 1 heterocycles. The van der Waals surface area contributed by atoms with E-state index in [1.54, 1.807) is 0 Å². The van der Waals surface area contributed by atoms with Crippen molar-refractivity contribution in [1.82, 2.24) is 0 Å². The van der Waals surface area contributed by atoms with Crippen molar-refractivity contribution in [2.45, 2.75) is 13.3 Å². The van der Waals surface area contributed by atoms with Gasteiger partial charge in [-0.1, -0.05) is 11.6 Å². The molecule has 2 N–H and O–H groups in total. The minimum absolute atomic E-state index is 0.111. The van der Waals surface area contributed by atoms with Crippen LogP contribution in [0.4, 0.5) is 11.4 Å². The van der Waals surface area contributed by atoms with E-state index in [1.165, 1.54) is 24.9 Å². The Kier molecular flexibility index (Phi) is 4.78. The van der Waals surface area contributed by atoms with E-state index in [0.717, 1.165) is 18.2 Å². The number of hydrogen-bond acceptors (Lipinski definition) is 3. The zero-order valence-electron chi connectivity index (χ0n) is 10.3.